The highest BCUT2D eigenvalue weighted by Crippen LogP contribution is 2.24. The van der Waals surface area contributed by atoms with Crippen LogP contribution < -0.4 is 10.6 Å². The lowest BCUT2D eigenvalue weighted by Crippen LogP contribution is -2.29. The Labute approximate surface area is 186 Å². The van der Waals surface area contributed by atoms with Crippen LogP contribution in [0.15, 0.2) is 70.8 Å². The Hall–Kier alpha value is -2.97. The SMILES string of the molecule is CC(=O)NC(CC(=O)Nc1ccc(-c2cn3ccsc3n2)cc1)c1ccc(Br)cc1. The summed E-state index contributed by atoms with van der Waals surface area (Å²) >= 11 is 4.98. The first kappa shape index (κ1) is 20.3. The summed E-state index contributed by atoms with van der Waals surface area (Å²) in [5.74, 6) is -0.355. The molecule has 0 saturated carbocycles. The van der Waals surface area contributed by atoms with Crippen LogP contribution in [0, 0.1) is 0 Å². The van der Waals surface area contributed by atoms with Crippen molar-refractivity contribution < 1.29 is 9.59 Å². The van der Waals surface area contributed by atoms with Crippen LogP contribution in [-0.4, -0.2) is 21.2 Å². The van der Waals surface area contributed by atoms with E-state index in [1.54, 1.807) is 11.3 Å². The van der Waals surface area contributed by atoms with E-state index in [9.17, 15) is 9.59 Å². The number of anilines is 1. The highest BCUT2D eigenvalue weighted by Gasteiger charge is 2.17. The first-order valence-corrected chi connectivity index (χ1v) is 11.0. The summed E-state index contributed by atoms with van der Waals surface area (Å²) in [5, 5.41) is 7.75. The first-order chi connectivity index (χ1) is 14.5. The lowest BCUT2D eigenvalue weighted by atomic mass is 10.0. The van der Waals surface area contributed by atoms with Crippen molar-refractivity contribution in [1.29, 1.82) is 0 Å². The molecule has 1 unspecified atom stereocenters. The predicted octanol–water partition coefficient (Wildman–Crippen LogP) is 5.03. The maximum Gasteiger partial charge on any atom is 0.226 e. The van der Waals surface area contributed by atoms with E-state index in [1.807, 2.05) is 70.7 Å². The Morgan fingerprint density at radius 2 is 1.87 bits per heavy atom. The van der Waals surface area contributed by atoms with Gasteiger partial charge in [-0.25, -0.2) is 4.98 Å². The summed E-state index contributed by atoms with van der Waals surface area (Å²) in [6.07, 6.45) is 4.10. The summed E-state index contributed by atoms with van der Waals surface area (Å²) < 4.78 is 2.93. The van der Waals surface area contributed by atoms with Gasteiger partial charge in [-0.05, 0) is 29.8 Å². The number of nitrogens with zero attached hydrogens (tertiary/aromatic N) is 2. The van der Waals surface area contributed by atoms with Gasteiger partial charge in [0.25, 0.3) is 0 Å². The molecule has 6 nitrogen and oxygen atoms in total. The van der Waals surface area contributed by atoms with E-state index in [2.05, 4.69) is 31.5 Å². The van der Waals surface area contributed by atoms with Gasteiger partial charge in [0.1, 0.15) is 0 Å². The van der Waals surface area contributed by atoms with Gasteiger partial charge in [-0.1, -0.05) is 40.2 Å². The number of carbonyl (C=O) groups excluding carboxylic acids is 2. The number of imidazole rings is 1. The molecule has 0 saturated heterocycles. The van der Waals surface area contributed by atoms with E-state index in [-0.39, 0.29) is 18.2 Å². The van der Waals surface area contributed by atoms with Crippen molar-refractivity contribution in [2.45, 2.75) is 19.4 Å². The van der Waals surface area contributed by atoms with Crippen LogP contribution in [0.4, 0.5) is 5.69 Å². The zero-order valence-electron chi connectivity index (χ0n) is 16.1. The zero-order valence-corrected chi connectivity index (χ0v) is 18.5. The van der Waals surface area contributed by atoms with Gasteiger partial charge >= 0.3 is 0 Å². The summed E-state index contributed by atoms with van der Waals surface area (Å²) in [7, 11) is 0. The van der Waals surface area contributed by atoms with Crippen molar-refractivity contribution in [1.82, 2.24) is 14.7 Å². The van der Waals surface area contributed by atoms with Crippen LogP contribution in [0.3, 0.4) is 0 Å². The molecule has 1 atom stereocenters. The third-order valence-electron chi connectivity index (χ3n) is 4.60. The van der Waals surface area contributed by atoms with Gasteiger partial charge in [0, 0.05) is 40.4 Å². The van der Waals surface area contributed by atoms with Gasteiger partial charge in [-0.3, -0.25) is 14.0 Å². The van der Waals surface area contributed by atoms with Crippen molar-refractivity contribution in [2.24, 2.45) is 0 Å². The van der Waals surface area contributed by atoms with E-state index < -0.39 is 6.04 Å². The minimum atomic E-state index is -0.395. The predicted molar refractivity (Wildman–Crippen MR) is 122 cm³/mol. The largest absolute Gasteiger partial charge is 0.349 e. The second-order valence-electron chi connectivity index (χ2n) is 6.85. The van der Waals surface area contributed by atoms with Crippen LogP contribution in [-0.2, 0) is 9.59 Å². The molecule has 0 aliphatic carbocycles. The fourth-order valence-electron chi connectivity index (χ4n) is 3.18. The van der Waals surface area contributed by atoms with Crippen molar-refractivity contribution in [3.8, 4) is 11.3 Å². The molecule has 0 spiro atoms. The third kappa shape index (κ3) is 4.77. The Morgan fingerprint density at radius 3 is 2.53 bits per heavy atom. The molecule has 0 fully saturated rings. The number of carbonyl (C=O) groups is 2. The topological polar surface area (TPSA) is 75.5 Å². The number of fused-ring (bicyclic) bond motifs is 1. The van der Waals surface area contributed by atoms with Gasteiger partial charge in [-0.15, -0.1) is 11.3 Å². The lowest BCUT2D eigenvalue weighted by Gasteiger charge is -2.18. The van der Waals surface area contributed by atoms with Gasteiger partial charge in [0.2, 0.25) is 11.8 Å². The molecule has 0 aliphatic heterocycles. The Morgan fingerprint density at radius 1 is 1.13 bits per heavy atom. The molecule has 4 aromatic rings. The molecule has 30 heavy (non-hydrogen) atoms. The number of rotatable bonds is 6. The summed E-state index contributed by atoms with van der Waals surface area (Å²) in [5.41, 5.74) is 3.44. The molecular formula is C22H19BrN4O2S. The molecule has 2 aromatic heterocycles. The van der Waals surface area contributed by atoms with Crippen LogP contribution >= 0.6 is 27.3 Å². The minimum Gasteiger partial charge on any atom is -0.349 e. The monoisotopic (exact) mass is 482 g/mol. The molecular weight excluding hydrogens is 464 g/mol. The maximum absolute atomic E-state index is 12.6. The van der Waals surface area contributed by atoms with Crippen LogP contribution in [0.25, 0.3) is 16.2 Å². The second-order valence-corrected chi connectivity index (χ2v) is 8.64. The summed E-state index contributed by atoms with van der Waals surface area (Å²) in [6, 6.07) is 14.7. The molecule has 8 heteroatoms. The van der Waals surface area contributed by atoms with Gasteiger partial charge in [0.05, 0.1) is 18.2 Å². The third-order valence-corrected chi connectivity index (χ3v) is 5.90. The zero-order chi connectivity index (χ0) is 21.1. The molecule has 2 N–H and O–H groups in total. The number of halogens is 1. The van der Waals surface area contributed by atoms with Crippen molar-refractivity contribution in [3.05, 3.63) is 76.3 Å². The first-order valence-electron chi connectivity index (χ1n) is 9.33. The quantitative estimate of drug-likeness (QED) is 0.404. The Bertz CT molecular complexity index is 1150. The van der Waals surface area contributed by atoms with Crippen LogP contribution in [0.1, 0.15) is 24.9 Å². The van der Waals surface area contributed by atoms with Crippen molar-refractivity contribution in [2.75, 3.05) is 5.32 Å². The molecule has 2 amide bonds. The standard InChI is InChI=1S/C22H19BrN4O2S/c1-14(28)24-19(15-2-6-17(23)7-3-15)12-21(29)25-18-8-4-16(5-9-18)20-13-27-10-11-30-22(27)26-20/h2-11,13,19H,12H2,1H3,(H,24,28)(H,25,29). The van der Waals surface area contributed by atoms with Gasteiger partial charge in [-0.2, -0.15) is 0 Å². The summed E-state index contributed by atoms with van der Waals surface area (Å²) in [4.78, 5) is 29.7. The summed E-state index contributed by atoms with van der Waals surface area (Å²) in [6.45, 7) is 1.45. The highest BCUT2D eigenvalue weighted by molar-refractivity contribution is 9.10. The van der Waals surface area contributed by atoms with E-state index in [4.69, 9.17) is 0 Å². The van der Waals surface area contributed by atoms with E-state index in [0.717, 1.165) is 26.3 Å². The molecule has 2 aromatic carbocycles. The molecule has 4 rings (SSSR count). The Balaban J connectivity index is 1.43. The minimum absolute atomic E-state index is 0.139. The molecule has 152 valence electrons. The number of nitrogens with one attached hydrogen (secondary N) is 2. The normalized spacial score (nSPS) is 11.9. The molecule has 0 radical (unpaired) electrons. The number of benzene rings is 2. The van der Waals surface area contributed by atoms with Crippen LogP contribution in [0.5, 0.6) is 0 Å². The maximum atomic E-state index is 12.6. The number of thiazole rings is 1. The molecule has 0 bridgehead atoms. The van der Waals surface area contributed by atoms with Crippen molar-refractivity contribution in [3.63, 3.8) is 0 Å². The van der Waals surface area contributed by atoms with E-state index in [1.165, 1.54) is 6.92 Å². The highest BCUT2D eigenvalue weighted by atomic mass is 79.9. The van der Waals surface area contributed by atoms with E-state index >= 15 is 0 Å². The van der Waals surface area contributed by atoms with Gasteiger partial charge in [0.15, 0.2) is 4.96 Å². The number of hydrogen-bond acceptors (Lipinski definition) is 4. The number of hydrogen-bond donors (Lipinski definition) is 2. The van der Waals surface area contributed by atoms with Gasteiger partial charge < -0.3 is 10.6 Å². The molecule has 2 heterocycles. The average molecular weight is 483 g/mol. The fraction of sp³-hybridized carbons (Fsp3) is 0.136. The molecule has 0 aliphatic rings. The van der Waals surface area contributed by atoms with Crippen LogP contribution in [0.2, 0.25) is 0 Å². The lowest BCUT2D eigenvalue weighted by molar-refractivity contribution is -0.120. The fourth-order valence-corrected chi connectivity index (χ4v) is 4.15. The average Bonchev–Trinajstić information content (AvgIpc) is 3.30. The van der Waals surface area contributed by atoms with Crippen molar-refractivity contribution >= 4 is 49.7 Å². The second kappa shape index (κ2) is 8.81. The number of aromatic nitrogens is 2. The van der Waals surface area contributed by atoms with E-state index in [0.29, 0.717) is 5.69 Å². The Kier molecular flexibility index (Phi) is 5.96. The smallest absolute Gasteiger partial charge is 0.226 e. The number of amides is 2.